The lowest BCUT2D eigenvalue weighted by Gasteiger charge is -2.14. The van der Waals surface area contributed by atoms with Gasteiger partial charge in [-0.15, -0.1) is 0 Å². The number of halogens is 13. The van der Waals surface area contributed by atoms with E-state index in [9.17, 15) is 57.5 Å². The van der Waals surface area contributed by atoms with Crippen LogP contribution in [0, 0.1) is 34.6 Å². The van der Waals surface area contributed by atoms with Crippen LogP contribution < -0.4 is 0 Å². The Morgan fingerprint density at radius 2 is 1.02 bits per heavy atom. The summed E-state index contributed by atoms with van der Waals surface area (Å²) < 4.78 is 173. The van der Waals surface area contributed by atoms with Gasteiger partial charge in [0.25, 0.3) is 0 Å². The molecule has 22 heteroatoms. The van der Waals surface area contributed by atoms with Gasteiger partial charge in [-0.05, 0) is 146 Å². The minimum Gasteiger partial charge on any atom is -0.470 e. The second-order valence-corrected chi connectivity index (χ2v) is 13.6. The summed E-state index contributed by atoms with van der Waals surface area (Å²) in [6.07, 6.45) is -16.5. The molecule has 0 bridgehead atoms. The third-order valence-corrected chi connectivity index (χ3v) is 7.11. The monoisotopic (exact) mass is 1020 g/mol. The minimum atomic E-state index is -4.86. The molecule has 5 rings (SSSR count). The number of ketones is 1. The Kier molecular flexibility index (Phi) is 21.3. The third-order valence-electron chi connectivity index (χ3n) is 6.79. The van der Waals surface area contributed by atoms with E-state index < -0.39 is 60.1 Å². The van der Waals surface area contributed by atoms with Crippen molar-refractivity contribution in [2.45, 2.75) is 105 Å². The molecule has 0 unspecified atom stereocenters. The summed E-state index contributed by atoms with van der Waals surface area (Å²) in [5.41, 5.74) is -0.586. The van der Waals surface area contributed by atoms with Gasteiger partial charge in [-0.25, -0.2) is 0 Å². The van der Waals surface area contributed by atoms with Gasteiger partial charge in [0.1, 0.15) is 40.3 Å². The average molecular weight is 1020 g/mol. The maximum atomic E-state index is 12.6. The van der Waals surface area contributed by atoms with Crippen molar-refractivity contribution < 1.29 is 79.6 Å². The van der Waals surface area contributed by atoms with Crippen molar-refractivity contribution in [3.05, 3.63) is 119 Å². The van der Waals surface area contributed by atoms with Crippen LogP contribution in [-0.2, 0) is 0 Å². The Hall–Kier alpha value is -5.03. The van der Waals surface area contributed by atoms with Crippen molar-refractivity contribution in [1.82, 2.24) is 0 Å². The Bertz CT molecular complexity index is 2160. The van der Waals surface area contributed by atoms with Crippen LogP contribution in [0.4, 0.5) is 52.7 Å². The van der Waals surface area contributed by atoms with E-state index in [1.807, 2.05) is 19.1 Å². The van der Waals surface area contributed by atoms with Crippen molar-refractivity contribution in [2.75, 3.05) is 0 Å². The molecule has 0 spiro atoms. The molecule has 0 N–H and O–H groups in total. The van der Waals surface area contributed by atoms with Crippen molar-refractivity contribution in [1.29, 1.82) is 0 Å². The molecule has 0 aliphatic carbocycles. The van der Waals surface area contributed by atoms with Gasteiger partial charge in [0.05, 0.1) is 10.5 Å². The average Bonchev–Trinajstić information content (AvgIpc) is 3.98. The summed E-state index contributed by atoms with van der Waals surface area (Å²) >= 11 is 1.64. The number of aryl methyl sites for hydroxylation is 5. The Morgan fingerprint density at radius 1 is 0.581 bits per heavy atom. The van der Waals surface area contributed by atoms with Crippen molar-refractivity contribution in [3.8, 4) is 0 Å². The minimum absolute atomic E-state index is 0.166. The molecule has 344 valence electrons. The molecule has 2 atom stereocenters. The number of carbonyl (C=O) groups is 1. The van der Waals surface area contributed by atoms with E-state index in [2.05, 4.69) is 19.4 Å². The topological polar surface area (TPSA) is 120 Å². The molecule has 62 heavy (non-hydrogen) atoms. The predicted octanol–water partition coefficient (Wildman–Crippen LogP) is 14.6. The highest BCUT2D eigenvalue weighted by Gasteiger charge is 2.44. The SMILES string of the molecule is CC(C)=N[C@@H](c1ccc(C)o1)C(F)(F)F.Cc1ccc(C(=NC(C)C)C(F)(F)F)o1.Cc1ccc(C(=O)C(F)(F)F)o1.Cc1ccc([C@H](N=CI)C(F)(F)F)o1.Cc1ccco1. The largest absolute Gasteiger partial charge is 0.470 e. The quantitative estimate of drug-likeness (QED) is 0.0693. The number of alkyl halides is 12. The first-order valence-corrected chi connectivity index (χ1v) is 18.9. The maximum absolute atomic E-state index is 12.6. The lowest BCUT2D eigenvalue weighted by molar-refractivity contribution is -0.152. The molecule has 5 aromatic heterocycles. The fourth-order valence-electron chi connectivity index (χ4n) is 4.29. The van der Waals surface area contributed by atoms with Crippen LogP contribution in [0.5, 0.6) is 0 Å². The van der Waals surface area contributed by atoms with Gasteiger partial charge < -0.3 is 22.1 Å². The van der Waals surface area contributed by atoms with Crippen LogP contribution >= 0.6 is 22.6 Å². The number of rotatable bonds is 7. The van der Waals surface area contributed by atoms with Crippen LogP contribution in [0.25, 0.3) is 0 Å². The molecular weight excluding hydrogens is 973 g/mol. The summed E-state index contributed by atoms with van der Waals surface area (Å²) in [6.45, 7) is 14.4. The van der Waals surface area contributed by atoms with Crippen molar-refractivity contribution in [2.24, 2.45) is 15.0 Å². The van der Waals surface area contributed by atoms with E-state index in [0.717, 1.165) is 16.0 Å². The fraction of sp³-hybridized carbons (Fsp3) is 0.400. The van der Waals surface area contributed by atoms with Gasteiger partial charge >= 0.3 is 30.5 Å². The molecule has 0 amide bonds. The molecule has 9 nitrogen and oxygen atoms in total. The molecule has 0 saturated heterocycles. The van der Waals surface area contributed by atoms with Crippen molar-refractivity contribution >= 4 is 44.0 Å². The van der Waals surface area contributed by atoms with Crippen LogP contribution in [0.2, 0.25) is 0 Å². The molecule has 0 fully saturated rings. The lowest BCUT2D eigenvalue weighted by Crippen LogP contribution is -2.25. The second kappa shape index (κ2) is 24.0. The normalized spacial score (nSPS) is 13.1. The number of hydrogen-bond donors (Lipinski definition) is 0. The molecular formula is C40H42F12IN3O6. The molecule has 5 aromatic rings. The zero-order valence-corrected chi connectivity index (χ0v) is 36.5. The van der Waals surface area contributed by atoms with E-state index in [0.29, 0.717) is 23.0 Å². The summed E-state index contributed by atoms with van der Waals surface area (Å²) in [7, 11) is 0. The lowest BCUT2D eigenvalue weighted by atomic mass is 10.2. The number of aliphatic imine (C=N–C) groups is 3. The Balaban J connectivity index is 0.000000396. The van der Waals surface area contributed by atoms with Gasteiger partial charge in [0.15, 0.2) is 17.2 Å². The first-order chi connectivity index (χ1) is 28.4. The predicted molar refractivity (Wildman–Crippen MR) is 214 cm³/mol. The third kappa shape index (κ3) is 20.2. The summed E-state index contributed by atoms with van der Waals surface area (Å²) in [4.78, 5) is 20.8. The fourth-order valence-corrected chi connectivity index (χ4v) is 4.61. The van der Waals surface area contributed by atoms with Gasteiger partial charge in [0.2, 0.25) is 12.1 Å². The number of furan rings is 5. The van der Waals surface area contributed by atoms with Gasteiger partial charge in [-0.2, -0.15) is 52.7 Å². The zero-order valence-electron chi connectivity index (χ0n) is 34.4. The second-order valence-electron chi connectivity index (χ2n) is 13.0. The van der Waals surface area contributed by atoms with E-state index in [4.69, 9.17) is 17.7 Å². The van der Waals surface area contributed by atoms with Crippen LogP contribution in [-0.4, -0.2) is 52.2 Å². The smallest absolute Gasteiger partial charge is 0.458 e. The molecule has 0 aliphatic rings. The summed E-state index contributed by atoms with van der Waals surface area (Å²) in [5.74, 6) is -0.613. The Morgan fingerprint density at radius 3 is 1.29 bits per heavy atom. The zero-order chi connectivity index (χ0) is 47.8. The first-order valence-electron chi connectivity index (χ1n) is 17.7. The van der Waals surface area contributed by atoms with E-state index in [1.54, 1.807) is 63.5 Å². The molecule has 0 aromatic carbocycles. The van der Waals surface area contributed by atoms with Gasteiger partial charge in [-0.1, -0.05) is 0 Å². The highest BCUT2D eigenvalue weighted by atomic mass is 127. The number of carbonyl (C=O) groups excluding carboxylic acids is 1. The van der Waals surface area contributed by atoms with Crippen molar-refractivity contribution in [3.63, 3.8) is 0 Å². The highest BCUT2D eigenvalue weighted by Crippen LogP contribution is 2.38. The molecule has 0 radical (unpaired) electrons. The summed E-state index contributed by atoms with van der Waals surface area (Å²) in [5, 5.41) is 0. The number of nitrogens with zero attached hydrogens (tertiary/aromatic N) is 3. The Labute approximate surface area is 361 Å². The first kappa shape index (κ1) is 55.0. The van der Waals surface area contributed by atoms with Crippen LogP contribution in [0.15, 0.2) is 104 Å². The standard InChI is InChI=1S/2C10H12F3NO.C8H7F3INO.C7H5F3O2.C5H6O/c2*1-6(2)14-9(10(11,12)13)8-5-4-7(3)15-8;1-5-2-3-6(14-5)7(13-4-12)8(9,10)11;1-4-2-3-5(12-4)6(11)7(8,9)10;1-5-3-2-4-6-5/h4-5,9H,1-3H3;4-6H,1-3H3;2-4,7H,1H3;2-3H,1H3;2-4H,1H3/t9-;;7-;;/m0.0../s1. The van der Waals surface area contributed by atoms with Crippen LogP contribution in [0.1, 0.15) is 96.4 Å². The van der Waals surface area contributed by atoms with Gasteiger partial charge in [-0.3, -0.25) is 19.8 Å². The van der Waals surface area contributed by atoms with E-state index in [1.165, 1.54) is 63.2 Å². The summed E-state index contributed by atoms with van der Waals surface area (Å²) in [6, 6.07) is 10.2. The molecule has 5 heterocycles. The maximum Gasteiger partial charge on any atom is 0.458 e. The number of hydrogen-bond acceptors (Lipinski definition) is 9. The number of Topliss-reactive ketones (excluding diaryl/α,β-unsaturated/α-hetero) is 1. The van der Waals surface area contributed by atoms with E-state index in [-0.39, 0.29) is 23.0 Å². The molecule has 0 aliphatic heterocycles. The van der Waals surface area contributed by atoms with Gasteiger partial charge in [0, 0.05) is 11.8 Å². The van der Waals surface area contributed by atoms with Crippen LogP contribution in [0.3, 0.4) is 0 Å². The highest BCUT2D eigenvalue weighted by molar-refractivity contribution is 14.1. The van der Waals surface area contributed by atoms with E-state index >= 15 is 0 Å². The molecule has 0 saturated carbocycles.